The molecule has 0 radical (unpaired) electrons. The molecular weight excluding hydrogens is 311 g/mol. The van der Waals surface area contributed by atoms with Crippen LogP contribution in [0.1, 0.15) is 12.8 Å². The molecular formula is C17H23FN4O2. The van der Waals surface area contributed by atoms with E-state index in [1.807, 2.05) is 4.90 Å². The molecule has 6 nitrogen and oxygen atoms in total. The number of anilines is 1. The summed E-state index contributed by atoms with van der Waals surface area (Å²) in [4.78, 5) is 28.5. The van der Waals surface area contributed by atoms with Crippen molar-refractivity contribution in [1.82, 2.24) is 15.1 Å². The van der Waals surface area contributed by atoms with Gasteiger partial charge in [-0.1, -0.05) is 12.1 Å². The molecule has 2 heterocycles. The molecule has 2 aliphatic heterocycles. The van der Waals surface area contributed by atoms with Crippen molar-refractivity contribution < 1.29 is 14.0 Å². The predicted octanol–water partition coefficient (Wildman–Crippen LogP) is 1.50. The molecule has 2 aliphatic rings. The lowest BCUT2D eigenvalue weighted by Gasteiger charge is -2.36. The Bertz CT molecular complexity index is 604. The molecule has 0 spiro atoms. The molecule has 0 aliphatic carbocycles. The maximum absolute atomic E-state index is 13.7. The smallest absolute Gasteiger partial charge is 0.321 e. The molecule has 7 heteroatoms. The van der Waals surface area contributed by atoms with E-state index >= 15 is 0 Å². The summed E-state index contributed by atoms with van der Waals surface area (Å²) in [6.45, 7) is 4.05. The van der Waals surface area contributed by atoms with Crippen molar-refractivity contribution in [2.45, 2.75) is 12.8 Å². The number of nitrogens with zero attached hydrogens (tertiary/aromatic N) is 2. The molecule has 130 valence electrons. The number of benzene rings is 1. The van der Waals surface area contributed by atoms with E-state index in [1.54, 1.807) is 17.0 Å². The van der Waals surface area contributed by atoms with Crippen LogP contribution in [0.15, 0.2) is 24.3 Å². The molecule has 1 aromatic rings. The van der Waals surface area contributed by atoms with Crippen molar-refractivity contribution in [3.63, 3.8) is 0 Å². The molecule has 0 bridgehead atoms. The molecule has 0 aromatic heterocycles. The summed E-state index contributed by atoms with van der Waals surface area (Å²) < 4.78 is 13.7. The zero-order valence-corrected chi connectivity index (χ0v) is 13.6. The van der Waals surface area contributed by atoms with Crippen LogP contribution in [0.3, 0.4) is 0 Å². The van der Waals surface area contributed by atoms with Gasteiger partial charge in [0.2, 0.25) is 5.91 Å². The summed E-state index contributed by atoms with van der Waals surface area (Å²) >= 11 is 0. The monoisotopic (exact) mass is 334 g/mol. The van der Waals surface area contributed by atoms with Gasteiger partial charge in [0.05, 0.1) is 11.6 Å². The van der Waals surface area contributed by atoms with E-state index in [2.05, 4.69) is 10.6 Å². The molecule has 2 fully saturated rings. The Morgan fingerprint density at radius 2 is 1.88 bits per heavy atom. The Morgan fingerprint density at radius 1 is 1.12 bits per heavy atom. The lowest BCUT2D eigenvalue weighted by atomic mass is 9.96. The van der Waals surface area contributed by atoms with Gasteiger partial charge in [-0.2, -0.15) is 0 Å². The van der Waals surface area contributed by atoms with Crippen LogP contribution < -0.4 is 10.6 Å². The topological polar surface area (TPSA) is 64.7 Å². The average molecular weight is 334 g/mol. The highest BCUT2D eigenvalue weighted by Crippen LogP contribution is 2.21. The predicted molar refractivity (Wildman–Crippen MR) is 89.2 cm³/mol. The van der Waals surface area contributed by atoms with Crippen LogP contribution in [0.5, 0.6) is 0 Å². The number of amides is 3. The SMILES string of the molecule is O=C(Nc1ccccc1F)N1CCCC(C(=O)N2CCNCC2)C1. The number of hydrogen-bond acceptors (Lipinski definition) is 3. The molecule has 3 rings (SSSR count). The Kier molecular flexibility index (Phi) is 5.30. The second-order valence-electron chi connectivity index (χ2n) is 6.27. The number of carbonyl (C=O) groups excluding carboxylic acids is 2. The van der Waals surface area contributed by atoms with Gasteiger partial charge in [-0.15, -0.1) is 0 Å². The summed E-state index contributed by atoms with van der Waals surface area (Å²) in [5, 5.41) is 5.82. The molecule has 0 saturated carbocycles. The first-order valence-electron chi connectivity index (χ1n) is 8.45. The number of halogens is 1. The third kappa shape index (κ3) is 3.84. The van der Waals surface area contributed by atoms with Gasteiger partial charge in [-0.3, -0.25) is 4.79 Å². The van der Waals surface area contributed by atoms with Crippen LogP contribution in [0, 0.1) is 11.7 Å². The lowest BCUT2D eigenvalue weighted by Crippen LogP contribution is -2.52. The fourth-order valence-electron chi connectivity index (χ4n) is 3.26. The van der Waals surface area contributed by atoms with Crippen molar-refractivity contribution in [3.05, 3.63) is 30.1 Å². The number of nitrogens with one attached hydrogen (secondary N) is 2. The van der Waals surface area contributed by atoms with Gasteiger partial charge in [-0.25, -0.2) is 9.18 Å². The van der Waals surface area contributed by atoms with Crippen LogP contribution >= 0.6 is 0 Å². The first-order valence-corrected chi connectivity index (χ1v) is 8.45. The average Bonchev–Trinajstić information content (AvgIpc) is 2.64. The minimum Gasteiger partial charge on any atom is -0.340 e. The Morgan fingerprint density at radius 3 is 2.62 bits per heavy atom. The Hall–Kier alpha value is -2.15. The molecule has 1 unspecified atom stereocenters. The minimum absolute atomic E-state index is 0.125. The summed E-state index contributed by atoms with van der Waals surface area (Å²) in [5.41, 5.74) is 0.165. The molecule has 24 heavy (non-hydrogen) atoms. The highest BCUT2D eigenvalue weighted by molar-refractivity contribution is 5.90. The number of rotatable bonds is 2. The van der Waals surface area contributed by atoms with Gasteiger partial charge < -0.3 is 20.4 Å². The second-order valence-corrected chi connectivity index (χ2v) is 6.27. The van der Waals surface area contributed by atoms with Gasteiger partial charge in [0.1, 0.15) is 5.82 Å². The molecule has 2 N–H and O–H groups in total. The van der Waals surface area contributed by atoms with Gasteiger partial charge in [0, 0.05) is 39.3 Å². The number of urea groups is 1. The minimum atomic E-state index is -0.462. The van der Waals surface area contributed by atoms with Crippen molar-refractivity contribution in [2.24, 2.45) is 5.92 Å². The van der Waals surface area contributed by atoms with E-state index in [1.165, 1.54) is 12.1 Å². The van der Waals surface area contributed by atoms with Gasteiger partial charge >= 0.3 is 6.03 Å². The van der Waals surface area contributed by atoms with Crippen molar-refractivity contribution >= 4 is 17.6 Å². The zero-order valence-electron chi connectivity index (χ0n) is 13.6. The number of piperazine rings is 1. The van der Waals surface area contributed by atoms with Crippen LogP contribution in [-0.2, 0) is 4.79 Å². The fraction of sp³-hybridized carbons (Fsp3) is 0.529. The van der Waals surface area contributed by atoms with Gasteiger partial charge in [0.15, 0.2) is 0 Å². The van der Waals surface area contributed by atoms with E-state index in [4.69, 9.17) is 0 Å². The maximum Gasteiger partial charge on any atom is 0.321 e. The number of para-hydroxylation sites is 1. The zero-order chi connectivity index (χ0) is 16.9. The highest BCUT2D eigenvalue weighted by atomic mass is 19.1. The lowest BCUT2D eigenvalue weighted by molar-refractivity contribution is -0.137. The van der Waals surface area contributed by atoms with Crippen molar-refractivity contribution in [2.75, 3.05) is 44.6 Å². The van der Waals surface area contributed by atoms with E-state index < -0.39 is 5.82 Å². The fourth-order valence-corrected chi connectivity index (χ4v) is 3.26. The summed E-state index contributed by atoms with van der Waals surface area (Å²) in [7, 11) is 0. The highest BCUT2D eigenvalue weighted by Gasteiger charge is 2.31. The third-order valence-corrected chi connectivity index (χ3v) is 4.60. The number of likely N-dealkylation sites (tertiary alicyclic amines) is 1. The molecule has 1 atom stereocenters. The maximum atomic E-state index is 13.7. The largest absolute Gasteiger partial charge is 0.340 e. The summed E-state index contributed by atoms with van der Waals surface area (Å²) in [5.74, 6) is -0.501. The van der Waals surface area contributed by atoms with Crippen LogP contribution in [-0.4, -0.2) is 61.0 Å². The normalized spacial score (nSPS) is 21.5. The quantitative estimate of drug-likeness (QED) is 0.861. The van der Waals surface area contributed by atoms with Crippen molar-refractivity contribution in [1.29, 1.82) is 0 Å². The van der Waals surface area contributed by atoms with Crippen LogP contribution in [0.2, 0.25) is 0 Å². The standard InChI is InChI=1S/C17H23FN4O2/c18-14-5-1-2-6-15(14)20-17(24)22-9-3-4-13(12-22)16(23)21-10-7-19-8-11-21/h1-2,5-6,13,19H,3-4,7-12H2,(H,20,24). The molecule has 2 saturated heterocycles. The van der Waals surface area contributed by atoms with E-state index in [0.29, 0.717) is 13.1 Å². The number of carbonyl (C=O) groups is 2. The number of hydrogen-bond donors (Lipinski definition) is 2. The van der Waals surface area contributed by atoms with E-state index in [9.17, 15) is 14.0 Å². The van der Waals surface area contributed by atoms with Crippen molar-refractivity contribution in [3.8, 4) is 0 Å². The number of piperidine rings is 1. The second kappa shape index (κ2) is 7.61. The molecule has 3 amide bonds. The Labute approximate surface area is 141 Å². The molecule has 1 aromatic carbocycles. The first-order chi connectivity index (χ1) is 11.6. The summed E-state index contributed by atoms with van der Waals surface area (Å²) in [6, 6.07) is 5.74. The third-order valence-electron chi connectivity index (χ3n) is 4.60. The van der Waals surface area contributed by atoms with Gasteiger partial charge in [0.25, 0.3) is 0 Å². The van der Waals surface area contributed by atoms with Crippen LogP contribution in [0.25, 0.3) is 0 Å². The summed E-state index contributed by atoms with van der Waals surface area (Å²) in [6.07, 6.45) is 1.58. The van der Waals surface area contributed by atoms with E-state index in [-0.39, 0.29) is 23.5 Å². The van der Waals surface area contributed by atoms with E-state index in [0.717, 1.165) is 39.0 Å². The first kappa shape index (κ1) is 16.7. The Balaban J connectivity index is 1.59. The van der Waals surface area contributed by atoms with Gasteiger partial charge in [-0.05, 0) is 25.0 Å². The van der Waals surface area contributed by atoms with Crippen LogP contribution in [0.4, 0.5) is 14.9 Å².